The molecule has 0 aliphatic carbocycles. The molecule has 0 aromatic heterocycles. The Morgan fingerprint density at radius 1 is 1.53 bits per heavy atom. The van der Waals surface area contributed by atoms with E-state index in [2.05, 4.69) is 10.6 Å². The van der Waals surface area contributed by atoms with Crippen LogP contribution in [0.5, 0.6) is 0 Å². The molecule has 1 aromatic rings. The maximum Gasteiger partial charge on any atom is 0.253 e. The third-order valence-electron chi connectivity index (χ3n) is 2.90. The number of amides is 2. The van der Waals surface area contributed by atoms with Crippen molar-refractivity contribution in [1.82, 2.24) is 10.2 Å². The number of likely N-dealkylation sites (N-methyl/N-ethyl adjacent to an activating group) is 2. The summed E-state index contributed by atoms with van der Waals surface area (Å²) in [5.41, 5.74) is 1.33. The van der Waals surface area contributed by atoms with Gasteiger partial charge in [0.25, 0.3) is 5.91 Å². The van der Waals surface area contributed by atoms with E-state index in [0.717, 1.165) is 17.1 Å². The van der Waals surface area contributed by atoms with Gasteiger partial charge in [0.05, 0.1) is 11.4 Å². The Labute approximate surface area is 116 Å². The average molecular weight is 279 g/mol. The number of carbonyl (C=O) groups is 2. The summed E-state index contributed by atoms with van der Waals surface area (Å²) < 4.78 is 0. The molecule has 1 aromatic carbocycles. The lowest BCUT2D eigenvalue weighted by Gasteiger charge is -2.20. The topological polar surface area (TPSA) is 61.4 Å². The molecule has 1 heterocycles. The van der Waals surface area contributed by atoms with E-state index < -0.39 is 0 Å². The third-order valence-corrected chi connectivity index (χ3v) is 3.98. The first-order chi connectivity index (χ1) is 9.11. The maximum absolute atomic E-state index is 12.2. The van der Waals surface area contributed by atoms with Crippen molar-refractivity contribution in [3.05, 3.63) is 23.8 Å². The Kier molecular flexibility index (Phi) is 4.44. The average Bonchev–Trinajstić information content (AvgIpc) is 2.43. The standard InChI is InChI=1S/C13H17N3O2S/c1-14-5-6-16(2)13(18)9-3-4-11-10(7-9)15-12(17)8-19-11/h3-4,7,14H,5-6,8H2,1-2H3,(H,15,17). The molecule has 0 unspecified atom stereocenters. The molecule has 0 saturated carbocycles. The molecular formula is C13H17N3O2S. The number of anilines is 1. The molecule has 2 N–H and O–H groups in total. The quantitative estimate of drug-likeness (QED) is 0.864. The molecule has 5 nitrogen and oxygen atoms in total. The van der Waals surface area contributed by atoms with Crippen LogP contribution >= 0.6 is 11.8 Å². The van der Waals surface area contributed by atoms with Crippen LogP contribution in [0.1, 0.15) is 10.4 Å². The van der Waals surface area contributed by atoms with E-state index in [1.54, 1.807) is 18.0 Å². The number of thioether (sulfide) groups is 1. The van der Waals surface area contributed by atoms with E-state index in [9.17, 15) is 9.59 Å². The van der Waals surface area contributed by atoms with E-state index in [1.807, 2.05) is 19.2 Å². The van der Waals surface area contributed by atoms with Crippen LogP contribution in [0.3, 0.4) is 0 Å². The second kappa shape index (κ2) is 6.08. The number of hydrogen-bond donors (Lipinski definition) is 2. The Morgan fingerprint density at radius 3 is 3.05 bits per heavy atom. The zero-order valence-electron chi connectivity index (χ0n) is 11.0. The Morgan fingerprint density at radius 2 is 2.32 bits per heavy atom. The van der Waals surface area contributed by atoms with Crippen molar-refractivity contribution in [2.45, 2.75) is 4.90 Å². The van der Waals surface area contributed by atoms with Gasteiger partial charge in [-0.1, -0.05) is 0 Å². The monoisotopic (exact) mass is 279 g/mol. The van der Waals surface area contributed by atoms with Crippen LogP contribution in [0.2, 0.25) is 0 Å². The summed E-state index contributed by atoms with van der Waals surface area (Å²) in [6.07, 6.45) is 0. The van der Waals surface area contributed by atoms with Crippen LogP contribution in [0, 0.1) is 0 Å². The summed E-state index contributed by atoms with van der Waals surface area (Å²) in [6.45, 7) is 1.40. The zero-order valence-corrected chi connectivity index (χ0v) is 11.8. The van der Waals surface area contributed by atoms with Crippen molar-refractivity contribution in [3.63, 3.8) is 0 Å². The van der Waals surface area contributed by atoms with E-state index in [1.165, 1.54) is 11.8 Å². The van der Waals surface area contributed by atoms with E-state index in [0.29, 0.717) is 17.9 Å². The van der Waals surface area contributed by atoms with Gasteiger partial charge in [0.15, 0.2) is 0 Å². The molecule has 0 radical (unpaired) electrons. The van der Waals surface area contributed by atoms with Crippen molar-refractivity contribution < 1.29 is 9.59 Å². The summed E-state index contributed by atoms with van der Waals surface area (Å²) in [7, 11) is 3.62. The highest BCUT2D eigenvalue weighted by molar-refractivity contribution is 8.00. The molecule has 6 heteroatoms. The predicted molar refractivity (Wildman–Crippen MR) is 76.7 cm³/mol. The molecule has 19 heavy (non-hydrogen) atoms. The van der Waals surface area contributed by atoms with Gasteiger partial charge < -0.3 is 15.5 Å². The summed E-state index contributed by atoms with van der Waals surface area (Å²) in [5, 5.41) is 5.80. The Bertz CT molecular complexity index is 505. The molecule has 0 spiro atoms. The lowest BCUT2D eigenvalue weighted by Crippen LogP contribution is -2.32. The summed E-state index contributed by atoms with van der Waals surface area (Å²) in [4.78, 5) is 26.2. The number of benzene rings is 1. The second-order valence-corrected chi connectivity index (χ2v) is 5.40. The molecule has 102 valence electrons. The smallest absolute Gasteiger partial charge is 0.253 e. The van der Waals surface area contributed by atoms with E-state index in [4.69, 9.17) is 0 Å². The van der Waals surface area contributed by atoms with Crippen LogP contribution in [0.4, 0.5) is 5.69 Å². The molecule has 2 amide bonds. The normalized spacial score (nSPS) is 13.7. The minimum atomic E-state index is -0.0390. The van der Waals surface area contributed by atoms with Crippen molar-refractivity contribution in [3.8, 4) is 0 Å². The van der Waals surface area contributed by atoms with E-state index in [-0.39, 0.29) is 11.8 Å². The molecule has 1 aliphatic rings. The van der Waals surface area contributed by atoms with Crippen LogP contribution in [0.25, 0.3) is 0 Å². The minimum Gasteiger partial charge on any atom is -0.340 e. The number of carbonyl (C=O) groups excluding carboxylic acids is 2. The van der Waals surface area contributed by atoms with Gasteiger partial charge in [-0.25, -0.2) is 0 Å². The van der Waals surface area contributed by atoms with Gasteiger partial charge >= 0.3 is 0 Å². The maximum atomic E-state index is 12.2. The number of nitrogens with zero attached hydrogens (tertiary/aromatic N) is 1. The fourth-order valence-electron chi connectivity index (χ4n) is 1.82. The lowest BCUT2D eigenvalue weighted by molar-refractivity contribution is -0.113. The van der Waals surface area contributed by atoms with Gasteiger partial charge in [0, 0.05) is 30.6 Å². The largest absolute Gasteiger partial charge is 0.340 e. The van der Waals surface area contributed by atoms with Gasteiger partial charge in [-0.2, -0.15) is 0 Å². The van der Waals surface area contributed by atoms with Crippen molar-refractivity contribution in [2.75, 3.05) is 38.3 Å². The first kappa shape index (κ1) is 13.9. The molecular weight excluding hydrogens is 262 g/mol. The Hall–Kier alpha value is -1.53. The van der Waals surface area contributed by atoms with Gasteiger partial charge in [-0.3, -0.25) is 9.59 Å². The highest BCUT2D eigenvalue weighted by atomic mass is 32.2. The molecule has 2 rings (SSSR count). The Balaban J connectivity index is 2.15. The predicted octanol–water partition coefficient (Wildman–Crippen LogP) is 1.02. The second-order valence-electron chi connectivity index (χ2n) is 4.38. The zero-order chi connectivity index (χ0) is 13.8. The van der Waals surface area contributed by atoms with Crippen LogP contribution in [-0.2, 0) is 4.79 Å². The number of hydrogen-bond acceptors (Lipinski definition) is 4. The summed E-state index contributed by atoms with van der Waals surface area (Å²) in [5.74, 6) is 0.371. The molecule has 0 bridgehead atoms. The number of nitrogens with one attached hydrogen (secondary N) is 2. The molecule has 0 fully saturated rings. The first-order valence-electron chi connectivity index (χ1n) is 6.08. The lowest BCUT2D eigenvalue weighted by atomic mass is 10.1. The van der Waals surface area contributed by atoms with Gasteiger partial charge in [-0.05, 0) is 25.2 Å². The molecule has 1 aliphatic heterocycles. The minimum absolute atomic E-state index is 0.0226. The van der Waals surface area contributed by atoms with Crippen molar-refractivity contribution in [2.24, 2.45) is 0 Å². The summed E-state index contributed by atoms with van der Waals surface area (Å²) >= 11 is 1.49. The van der Waals surface area contributed by atoms with Crippen LogP contribution in [-0.4, -0.2) is 49.7 Å². The number of fused-ring (bicyclic) bond motifs is 1. The van der Waals surface area contributed by atoms with Crippen LogP contribution < -0.4 is 10.6 Å². The van der Waals surface area contributed by atoms with Gasteiger partial charge in [0.1, 0.15) is 0 Å². The summed E-state index contributed by atoms with van der Waals surface area (Å²) in [6, 6.07) is 5.44. The SMILES string of the molecule is CNCCN(C)C(=O)c1ccc2c(c1)NC(=O)CS2. The highest BCUT2D eigenvalue weighted by Crippen LogP contribution is 2.32. The highest BCUT2D eigenvalue weighted by Gasteiger charge is 2.18. The molecule has 0 saturated heterocycles. The fourth-order valence-corrected chi connectivity index (χ4v) is 2.61. The molecule has 0 atom stereocenters. The van der Waals surface area contributed by atoms with E-state index >= 15 is 0 Å². The third kappa shape index (κ3) is 3.27. The van der Waals surface area contributed by atoms with Gasteiger partial charge in [0.2, 0.25) is 5.91 Å². The number of rotatable bonds is 4. The van der Waals surface area contributed by atoms with Crippen molar-refractivity contribution in [1.29, 1.82) is 0 Å². The fraction of sp³-hybridized carbons (Fsp3) is 0.385. The van der Waals surface area contributed by atoms with Crippen molar-refractivity contribution >= 4 is 29.3 Å². The van der Waals surface area contributed by atoms with Gasteiger partial charge in [-0.15, -0.1) is 11.8 Å². The first-order valence-corrected chi connectivity index (χ1v) is 7.07. The van der Waals surface area contributed by atoms with Crippen LogP contribution in [0.15, 0.2) is 23.1 Å².